The zero-order chi connectivity index (χ0) is 25.4. The summed E-state index contributed by atoms with van der Waals surface area (Å²) in [5.41, 5.74) is 2.72. The van der Waals surface area contributed by atoms with E-state index in [0.29, 0.717) is 11.6 Å². The van der Waals surface area contributed by atoms with Crippen molar-refractivity contribution < 1.29 is 14.3 Å². The average molecular weight is 507 g/mol. The number of carbonyl (C=O) groups is 1. The second kappa shape index (κ2) is 12.4. The minimum absolute atomic E-state index is 0.0585. The summed E-state index contributed by atoms with van der Waals surface area (Å²) in [4.78, 5) is 20.0. The summed E-state index contributed by atoms with van der Waals surface area (Å²) in [6, 6.07) is 16.2. The van der Waals surface area contributed by atoms with Gasteiger partial charge in [-0.3, -0.25) is 14.7 Å². The molecule has 3 aromatic rings. The van der Waals surface area contributed by atoms with Crippen LogP contribution in [0.4, 0.5) is 0 Å². The molecule has 0 spiro atoms. The fourth-order valence-electron chi connectivity index (χ4n) is 5.09. The van der Waals surface area contributed by atoms with E-state index in [9.17, 15) is 4.79 Å². The van der Waals surface area contributed by atoms with Gasteiger partial charge in [-0.15, -0.1) is 0 Å². The monoisotopic (exact) mass is 506 g/mol. The number of aromatic nitrogens is 1. The summed E-state index contributed by atoms with van der Waals surface area (Å²) in [5.74, 6) is 0.723. The molecule has 0 N–H and O–H groups in total. The Bertz CT molecular complexity index is 1190. The van der Waals surface area contributed by atoms with Gasteiger partial charge in [0.2, 0.25) is 0 Å². The highest BCUT2D eigenvalue weighted by atomic mass is 35.5. The number of hydrogen-bond donors (Lipinski definition) is 0. The molecular weight excluding hydrogens is 472 g/mol. The lowest BCUT2D eigenvalue weighted by molar-refractivity contribution is -0.159. The van der Waals surface area contributed by atoms with E-state index in [4.69, 9.17) is 21.1 Å². The number of likely N-dealkylation sites (tertiary alicyclic amines) is 1. The number of piperidine rings is 1. The number of aryl methyl sites for hydroxylation is 1. The molecule has 0 unspecified atom stereocenters. The molecule has 1 aliphatic heterocycles. The summed E-state index contributed by atoms with van der Waals surface area (Å²) >= 11 is 6.57. The Morgan fingerprint density at radius 3 is 2.67 bits per heavy atom. The molecule has 2 aromatic carbocycles. The predicted molar refractivity (Wildman–Crippen MR) is 146 cm³/mol. The minimum atomic E-state index is -0.442. The van der Waals surface area contributed by atoms with Crippen molar-refractivity contribution in [1.29, 1.82) is 0 Å². The van der Waals surface area contributed by atoms with Gasteiger partial charge in [0.05, 0.1) is 29.7 Å². The zero-order valence-corrected chi connectivity index (χ0v) is 22.0. The van der Waals surface area contributed by atoms with Crippen LogP contribution >= 0.6 is 11.6 Å². The third-order valence-corrected chi connectivity index (χ3v) is 7.54. The second-order valence-electron chi connectivity index (χ2n) is 9.44. The molecule has 4 rings (SSSR count). The van der Waals surface area contributed by atoms with Gasteiger partial charge in [-0.1, -0.05) is 54.1 Å². The van der Waals surface area contributed by atoms with Crippen LogP contribution in [0.1, 0.15) is 43.7 Å². The number of ether oxygens (including phenoxy) is 2. The second-order valence-corrected chi connectivity index (χ2v) is 9.84. The molecular formula is C30H35ClN2O3. The van der Waals surface area contributed by atoms with Crippen LogP contribution < -0.4 is 4.74 Å². The third kappa shape index (κ3) is 6.26. The highest BCUT2D eigenvalue weighted by molar-refractivity contribution is 6.32. The van der Waals surface area contributed by atoms with Gasteiger partial charge in [0.15, 0.2) is 0 Å². The van der Waals surface area contributed by atoms with Crippen molar-refractivity contribution in [1.82, 2.24) is 9.88 Å². The Labute approximate surface area is 219 Å². The lowest BCUT2D eigenvalue weighted by Crippen LogP contribution is -2.45. The molecule has 1 aromatic heterocycles. The van der Waals surface area contributed by atoms with E-state index < -0.39 is 5.41 Å². The van der Waals surface area contributed by atoms with E-state index in [-0.39, 0.29) is 5.97 Å². The van der Waals surface area contributed by atoms with Crippen LogP contribution in [0, 0.1) is 5.41 Å². The maximum atomic E-state index is 13.1. The van der Waals surface area contributed by atoms with Crippen molar-refractivity contribution in [3.63, 3.8) is 0 Å². The Hall–Kier alpha value is -2.89. The van der Waals surface area contributed by atoms with Crippen molar-refractivity contribution >= 4 is 34.5 Å². The maximum absolute atomic E-state index is 13.1. The first-order chi connectivity index (χ1) is 17.5. The molecule has 0 saturated carbocycles. The van der Waals surface area contributed by atoms with E-state index in [1.54, 1.807) is 13.3 Å². The van der Waals surface area contributed by atoms with E-state index in [1.165, 1.54) is 5.56 Å². The van der Waals surface area contributed by atoms with Gasteiger partial charge in [-0.25, -0.2) is 0 Å². The molecule has 0 atom stereocenters. The summed E-state index contributed by atoms with van der Waals surface area (Å²) < 4.78 is 11.0. The summed E-state index contributed by atoms with van der Waals surface area (Å²) in [6.45, 7) is 4.94. The van der Waals surface area contributed by atoms with Gasteiger partial charge in [-0.2, -0.15) is 0 Å². The number of carbonyl (C=O) groups excluding carboxylic acids is 1. The number of nitrogens with zero attached hydrogens (tertiary/aromatic N) is 2. The van der Waals surface area contributed by atoms with Gasteiger partial charge >= 0.3 is 5.97 Å². The van der Waals surface area contributed by atoms with E-state index in [1.807, 2.05) is 43.3 Å². The topological polar surface area (TPSA) is 51.7 Å². The van der Waals surface area contributed by atoms with Crippen LogP contribution in [0.3, 0.4) is 0 Å². The fourth-order valence-corrected chi connectivity index (χ4v) is 5.34. The standard InChI is InChI=1S/C30H35ClN2O3/c1-3-36-29(34)30(16-19-33(20-17-30)18-8-11-23-9-5-4-6-10-23)15-7-12-25-26-21-24(35-2)13-14-28(26)32-22-27(25)31/h4-6,8-11,13-14,21-22H,3,7,12,15-20H2,1-2H3. The van der Waals surface area contributed by atoms with Crippen LogP contribution in [0.25, 0.3) is 17.0 Å². The summed E-state index contributed by atoms with van der Waals surface area (Å²) in [5, 5.41) is 1.66. The van der Waals surface area contributed by atoms with Crippen molar-refractivity contribution in [3.8, 4) is 5.75 Å². The number of rotatable bonds is 10. The van der Waals surface area contributed by atoms with E-state index >= 15 is 0 Å². The Morgan fingerprint density at radius 2 is 1.94 bits per heavy atom. The van der Waals surface area contributed by atoms with E-state index in [0.717, 1.165) is 74.0 Å². The summed E-state index contributed by atoms with van der Waals surface area (Å²) in [6.07, 6.45) is 10.1. The van der Waals surface area contributed by atoms with Crippen LogP contribution in [-0.4, -0.2) is 49.2 Å². The molecule has 1 aliphatic rings. The molecule has 6 heteroatoms. The van der Waals surface area contributed by atoms with Crippen LogP contribution in [0.15, 0.2) is 60.8 Å². The van der Waals surface area contributed by atoms with Gasteiger partial charge in [0, 0.05) is 18.1 Å². The van der Waals surface area contributed by atoms with Gasteiger partial charge < -0.3 is 9.47 Å². The first-order valence-corrected chi connectivity index (χ1v) is 13.1. The molecule has 1 saturated heterocycles. The number of fused-ring (bicyclic) bond motifs is 1. The lowest BCUT2D eigenvalue weighted by atomic mass is 9.74. The molecule has 0 aliphatic carbocycles. The van der Waals surface area contributed by atoms with Crippen LogP contribution in [0.2, 0.25) is 5.02 Å². The largest absolute Gasteiger partial charge is 0.497 e. The molecule has 1 fully saturated rings. The quantitative estimate of drug-likeness (QED) is 0.291. The third-order valence-electron chi connectivity index (χ3n) is 7.21. The maximum Gasteiger partial charge on any atom is 0.312 e. The molecule has 36 heavy (non-hydrogen) atoms. The van der Waals surface area contributed by atoms with Gasteiger partial charge in [-0.05, 0) is 81.4 Å². The predicted octanol–water partition coefficient (Wildman–Crippen LogP) is 6.58. The highest BCUT2D eigenvalue weighted by Crippen LogP contribution is 2.39. The fraction of sp³-hybridized carbons (Fsp3) is 0.400. The number of benzene rings is 2. The van der Waals surface area contributed by atoms with Crippen molar-refractivity contribution in [2.75, 3.05) is 33.4 Å². The molecule has 190 valence electrons. The molecule has 0 bridgehead atoms. The molecule has 0 radical (unpaired) electrons. The molecule has 2 heterocycles. The Kier molecular flexibility index (Phi) is 9.00. The first kappa shape index (κ1) is 26.2. The zero-order valence-electron chi connectivity index (χ0n) is 21.2. The Balaban J connectivity index is 1.41. The number of hydrogen-bond acceptors (Lipinski definition) is 5. The van der Waals surface area contributed by atoms with Crippen molar-refractivity contribution in [2.24, 2.45) is 5.41 Å². The van der Waals surface area contributed by atoms with E-state index in [2.05, 4.69) is 34.2 Å². The first-order valence-electron chi connectivity index (χ1n) is 12.8. The van der Waals surface area contributed by atoms with Crippen molar-refractivity contribution in [2.45, 2.75) is 39.0 Å². The molecule has 5 nitrogen and oxygen atoms in total. The highest BCUT2D eigenvalue weighted by Gasteiger charge is 2.42. The number of pyridine rings is 1. The Morgan fingerprint density at radius 1 is 1.17 bits per heavy atom. The molecule has 0 amide bonds. The van der Waals surface area contributed by atoms with Crippen LogP contribution in [0.5, 0.6) is 5.75 Å². The SMILES string of the molecule is CCOC(=O)C1(CCCc2c(Cl)cnc3ccc(OC)cc23)CCN(CC=Cc2ccccc2)CC1. The minimum Gasteiger partial charge on any atom is -0.497 e. The normalized spacial score (nSPS) is 15.9. The summed E-state index contributed by atoms with van der Waals surface area (Å²) in [7, 11) is 1.66. The smallest absolute Gasteiger partial charge is 0.312 e. The van der Waals surface area contributed by atoms with Gasteiger partial charge in [0.25, 0.3) is 0 Å². The number of methoxy groups -OCH3 is 1. The lowest BCUT2D eigenvalue weighted by Gasteiger charge is -2.39. The van der Waals surface area contributed by atoms with Crippen molar-refractivity contribution in [3.05, 3.63) is 77.0 Å². The average Bonchev–Trinajstić information content (AvgIpc) is 2.91. The van der Waals surface area contributed by atoms with Gasteiger partial charge in [0.1, 0.15) is 5.75 Å². The van der Waals surface area contributed by atoms with Crippen LogP contribution in [-0.2, 0) is 16.0 Å². The number of halogens is 1. The number of esters is 1.